The van der Waals surface area contributed by atoms with E-state index in [0.29, 0.717) is 24.1 Å². The molecule has 0 unspecified atom stereocenters. The molecule has 1 saturated heterocycles. The predicted molar refractivity (Wildman–Crippen MR) is 104 cm³/mol. The normalized spacial score (nSPS) is 16.6. The van der Waals surface area contributed by atoms with E-state index < -0.39 is 0 Å². The van der Waals surface area contributed by atoms with E-state index in [0.717, 1.165) is 24.9 Å². The number of hydrogen-bond donors (Lipinski definition) is 2. The van der Waals surface area contributed by atoms with Crippen molar-refractivity contribution in [3.8, 4) is 17.1 Å². The molecule has 3 aromatic rings. The number of rotatable bonds is 5. The first kappa shape index (κ1) is 17.9. The fourth-order valence-corrected chi connectivity index (χ4v) is 3.32. The lowest BCUT2D eigenvalue weighted by atomic mass is 9.97. The topological polar surface area (TPSA) is 109 Å². The summed E-state index contributed by atoms with van der Waals surface area (Å²) in [6.45, 7) is 1.41. The number of hydrogen-bond acceptors (Lipinski definition) is 7. The summed E-state index contributed by atoms with van der Waals surface area (Å²) in [7, 11) is 1.60. The molecule has 0 saturated carbocycles. The Hall–Kier alpha value is -3.49. The zero-order valence-corrected chi connectivity index (χ0v) is 15.5. The lowest BCUT2D eigenvalue weighted by molar-refractivity contribution is -0.120. The molecule has 0 radical (unpaired) electrons. The highest BCUT2D eigenvalue weighted by Gasteiger charge is 2.27. The molecule has 3 heterocycles. The molecule has 4 rings (SSSR count). The van der Waals surface area contributed by atoms with Crippen molar-refractivity contribution in [2.75, 3.05) is 30.4 Å². The molecule has 1 aliphatic heterocycles. The molecule has 9 heteroatoms. The second kappa shape index (κ2) is 8.03. The highest BCUT2D eigenvalue weighted by molar-refractivity contribution is 5.91. The van der Waals surface area contributed by atoms with Crippen molar-refractivity contribution in [1.29, 1.82) is 0 Å². The minimum Gasteiger partial charge on any atom is -0.496 e. The number of anilines is 2. The average molecular weight is 379 g/mol. The quantitative estimate of drug-likeness (QED) is 0.699. The van der Waals surface area contributed by atoms with Gasteiger partial charge in [0.1, 0.15) is 5.75 Å². The van der Waals surface area contributed by atoms with Crippen LogP contribution in [-0.2, 0) is 4.79 Å². The molecule has 0 bridgehead atoms. The molecule has 1 atom stereocenters. The van der Waals surface area contributed by atoms with E-state index in [-0.39, 0.29) is 17.8 Å². The highest BCUT2D eigenvalue weighted by atomic mass is 16.5. The zero-order valence-electron chi connectivity index (χ0n) is 15.5. The van der Waals surface area contributed by atoms with Crippen LogP contribution in [0.5, 0.6) is 5.75 Å². The predicted octanol–water partition coefficient (Wildman–Crippen LogP) is 2.13. The first-order valence-corrected chi connectivity index (χ1v) is 9.13. The summed E-state index contributed by atoms with van der Waals surface area (Å²) in [5.41, 5.74) is 0.781. The number of nitrogens with one attached hydrogen (secondary N) is 2. The number of carbonyl (C=O) groups excluding carboxylic acids is 1. The van der Waals surface area contributed by atoms with E-state index in [4.69, 9.17) is 4.74 Å². The van der Waals surface area contributed by atoms with Gasteiger partial charge < -0.3 is 9.64 Å². The third-order valence-corrected chi connectivity index (χ3v) is 4.71. The molecule has 144 valence electrons. The van der Waals surface area contributed by atoms with Gasteiger partial charge in [-0.2, -0.15) is 4.98 Å². The van der Waals surface area contributed by atoms with Gasteiger partial charge in [-0.3, -0.25) is 15.2 Å². The van der Waals surface area contributed by atoms with Gasteiger partial charge in [0, 0.05) is 25.5 Å². The Morgan fingerprint density at radius 3 is 2.89 bits per heavy atom. The maximum absolute atomic E-state index is 12.7. The van der Waals surface area contributed by atoms with Crippen molar-refractivity contribution in [2.45, 2.75) is 12.8 Å². The standard InChI is InChI=1S/C19H21N7O2/c1-28-15-8-3-2-7-14(15)16-22-18(25-24-16)23-17(27)13-6-4-11-26(12-13)19-20-9-5-10-21-19/h2-3,5,7-10,13H,4,6,11-12H2,1H3,(H2,22,23,24,25,27)/t13-/m1/s1. The van der Waals surface area contributed by atoms with Gasteiger partial charge in [0.2, 0.25) is 17.8 Å². The SMILES string of the molecule is COc1ccccc1-c1nc(NC(=O)[C@@H]2CCCN(c3ncccn3)C2)n[nH]1. The van der Waals surface area contributed by atoms with Gasteiger partial charge >= 0.3 is 0 Å². The largest absolute Gasteiger partial charge is 0.496 e. The second-order valence-electron chi connectivity index (χ2n) is 6.53. The number of aromatic nitrogens is 5. The van der Waals surface area contributed by atoms with E-state index in [9.17, 15) is 4.79 Å². The van der Waals surface area contributed by atoms with Crippen molar-refractivity contribution in [2.24, 2.45) is 5.92 Å². The number of piperidine rings is 1. The monoisotopic (exact) mass is 379 g/mol. The summed E-state index contributed by atoms with van der Waals surface area (Å²) >= 11 is 0. The molecule has 0 spiro atoms. The number of para-hydroxylation sites is 1. The number of nitrogens with zero attached hydrogens (tertiary/aromatic N) is 5. The summed E-state index contributed by atoms with van der Waals surface area (Å²) < 4.78 is 5.35. The highest BCUT2D eigenvalue weighted by Crippen LogP contribution is 2.27. The molecule has 1 amide bonds. The molecule has 1 aliphatic rings. The van der Waals surface area contributed by atoms with Crippen LogP contribution >= 0.6 is 0 Å². The van der Waals surface area contributed by atoms with Crippen LogP contribution in [0, 0.1) is 5.92 Å². The van der Waals surface area contributed by atoms with E-state index in [1.54, 1.807) is 25.6 Å². The summed E-state index contributed by atoms with van der Waals surface area (Å²) in [5, 5.41) is 9.78. The van der Waals surface area contributed by atoms with Crippen molar-refractivity contribution in [3.63, 3.8) is 0 Å². The molecule has 1 fully saturated rings. The number of benzene rings is 1. The van der Waals surface area contributed by atoms with E-state index in [1.807, 2.05) is 29.2 Å². The molecule has 2 N–H and O–H groups in total. The smallest absolute Gasteiger partial charge is 0.249 e. The van der Waals surface area contributed by atoms with Crippen LogP contribution in [0.25, 0.3) is 11.4 Å². The number of amides is 1. The molecular formula is C19H21N7O2. The molecule has 28 heavy (non-hydrogen) atoms. The van der Waals surface area contributed by atoms with Gasteiger partial charge in [0.15, 0.2) is 5.82 Å². The third kappa shape index (κ3) is 3.78. The van der Waals surface area contributed by atoms with E-state index >= 15 is 0 Å². The summed E-state index contributed by atoms with van der Waals surface area (Å²) in [4.78, 5) is 27.7. The molecular weight excluding hydrogens is 358 g/mol. The lowest BCUT2D eigenvalue weighted by Gasteiger charge is -2.31. The third-order valence-electron chi connectivity index (χ3n) is 4.71. The first-order valence-electron chi connectivity index (χ1n) is 9.13. The molecule has 9 nitrogen and oxygen atoms in total. The lowest BCUT2D eigenvalue weighted by Crippen LogP contribution is -2.41. The van der Waals surface area contributed by atoms with Crippen LogP contribution in [0.15, 0.2) is 42.7 Å². The number of aromatic amines is 1. The van der Waals surface area contributed by atoms with Gasteiger partial charge in [-0.25, -0.2) is 9.97 Å². The van der Waals surface area contributed by atoms with Crippen molar-refractivity contribution in [3.05, 3.63) is 42.7 Å². The van der Waals surface area contributed by atoms with E-state index in [2.05, 4.69) is 30.5 Å². The number of carbonyl (C=O) groups is 1. The van der Waals surface area contributed by atoms with Crippen LogP contribution in [0.2, 0.25) is 0 Å². The van der Waals surface area contributed by atoms with Crippen LogP contribution < -0.4 is 15.0 Å². The van der Waals surface area contributed by atoms with Gasteiger partial charge in [-0.1, -0.05) is 12.1 Å². The Balaban J connectivity index is 1.43. The van der Waals surface area contributed by atoms with Crippen molar-refractivity contribution >= 4 is 17.8 Å². The molecule has 0 aliphatic carbocycles. The summed E-state index contributed by atoms with van der Waals surface area (Å²) in [5.74, 6) is 1.84. The van der Waals surface area contributed by atoms with Crippen molar-refractivity contribution < 1.29 is 9.53 Å². The minimum atomic E-state index is -0.175. The fraction of sp³-hybridized carbons (Fsp3) is 0.316. The van der Waals surface area contributed by atoms with Crippen LogP contribution in [0.3, 0.4) is 0 Å². The van der Waals surface area contributed by atoms with Gasteiger partial charge in [0.25, 0.3) is 0 Å². The Morgan fingerprint density at radius 2 is 2.07 bits per heavy atom. The van der Waals surface area contributed by atoms with Crippen molar-refractivity contribution in [1.82, 2.24) is 25.1 Å². The molecule has 2 aromatic heterocycles. The summed E-state index contributed by atoms with van der Waals surface area (Å²) in [6.07, 6.45) is 5.12. The Bertz CT molecular complexity index is 944. The number of H-pyrrole nitrogens is 1. The maximum atomic E-state index is 12.7. The van der Waals surface area contributed by atoms with Gasteiger partial charge in [-0.05, 0) is 31.0 Å². The van der Waals surface area contributed by atoms with Crippen LogP contribution in [-0.4, -0.2) is 51.3 Å². The first-order chi connectivity index (χ1) is 13.7. The number of methoxy groups -OCH3 is 1. The zero-order chi connectivity index (χ0) is 19.3. The maximum Gasteiger partial charge on any atom is 0.249 e. The Morgan fingerprint density at radius 1 is 1.25 bits per heavy atom. The Labute approximate surface area is 162 Å². The minimum absolute atomic E-state index is 0.105. The Kier molecular flexibility index (Phi) is 5.14. The second-order valence-corrected chi connectivity index (χ2v) is 6.53. The summed E-state index contributed by atoms with van der Waals surface area (Å²) in [6, 6.07) is 9.27. The fourth-order valence-electron chi connectivity index (χ4n) is 3.32. The van der Waals surface area contributed by atoms with E-state index in [1.165, 1.54) is 0 Å². The number of ether oxygens (including phenoxy) is 1. The van der Waals surface area contributed by atoms with Crippen LogP contribution in [0.4, 0.5) is 11.9 Å². The van der Waals surface area contributed by atoms with Gasteiger partial charge in [-0.15, -0.1) is 5.10 Å². The van der Waals surface area contributed by atoms with Crippen LogP contribution in [0.1, 0.15) is 12.8 Å². The molecule has 1 aromatic carbocycles. The average Bonchev–Trinajstić information content (AvgIpc) is 3.22. The van der Waals surface area contributed by atoms with Gasteiger partial charge in [0.05, 0.1) is 18.6 Å².